The van der Waals surface area contributed by atoms with Crippen LogP contribution in [0, 0.1) is 11.8 Å². The molecule has 0 aromatic heterocycles. The topological polar surface area (TPSA) is 61.4 Å². The number of amides is 1. The highest BCUT2D eigenvalue weighted by Gasteiger charge is 2.35. The summed E-state index contributed by atoms with van der Waals surface area (Å²) in [7, 11) is 0. The molecule has 4 heteroatoms. The number of hydrogen-bond donors (Lipinski definition) is 3. The highest BCUT2D eigenvalue weighted by Crippen LogP contribution is 2.31. The zero-order chi connectivity index (χ0) is 13.2. The van der Waals surface area contributed by atoms with Gasteiger partial charge in [-0.2, -0.15) is 0 Å². The van der Waals surface area contributed by atoms with E-state index >= 15 is 0 Å². The summed E-state index contributed by atoms with van der Waals surface area (Å²) >= 11 is 0. The smallest absolute Gasteiger partial charge is 0.237 e. The molecule has 0 spiro atoms. The van der Waals surface area contributed by atoms with E-state index < -0.39 is 5.60 Å². The van der Waals surface area contributed by atoms with Gasteiger partial charge < -0.3 is 15.7 Å². The van der Waals surface area contributed by atoms with Gasteiger partial charge in [0.1, 0.15) is 0 Å². The van der Waals surface area contributed by atoms with Gasteiger partial charge in [-0.05, 0) is 37.6 Å². The van der Waals surface area contributed by atoms with E-state index in [1.54, 1.807) is 0 Å². The van der Waals surface area contributed by atoms with Gasteiger partial charge >= 0.3 is 0 Å². The molecule has 1 heterocycles. The summed E-state index contributed by atoms with van der Waals surface area (Å²) in [6.45, 7) is 5.59. The van der Waals surface area contributed by atoms with E-state index in [1.165, 1.54) is 6.42 Å². The number of carbonyl (C=O) groups excluding carboxylic acids is 1. The molecule has 2 aliphatic rings. The summed E-state index contributed by atoms with van der Waals surface area (Å²) in [5.41, 5.74) is -0.685. The van der Waals surface area contributed by atoms with Crippen molar-refractivity contribution in [2.75, 3.05) is 13.1 Å². The Hall–Kier alpha value is -0.610. The normalized spacial score (nSPS) is 40.7. The van der Waals surface area contributed by atoms with Crippen LogP contribution in [-0.4, -0.2) is 35.7 Å². The average Bonchev–Trinajstić information content (AvgIpc) is 2.72. The van der Waals surface area contributed by atoms with Gasteiger partial charge in [-0.25, -0.2) is 0 Å². The number of carbonyl (C=O) groups is 1. The van der Waals surface area contributed by atoms with Gasteiger partial charge in [-0.1, -0.05) is 26.7 Å². The lowest BCUT2D eigenvalue weighted by Crippen LogP contribution is -2.50. The monoisotopic (exact) mass is 254 g/mol. The second-order valence-corrected chi connectivity index (χ2v) is 6.34. The molecule has 4 unspecified atom stereocenters. The van der Waals surface area contributed by atoms with Crippen molar-refractivity contribution in [2.45, 2.75) is 57.6 Å². The van der Waals surface area contributed by atoms with E-state index in [0.717, 1.165) is 32.2 Å². The molecule has 104 valence electrons. The van der Waals surface area contributed by atoms with Gasteiger partial charge in [0.05, 0.1) is 11.6 Å². The fraction of sp³-hybridized carbons (Fsp3) is 0.929. The molecule has 0 radical (unpaired) electrons. The largest absolute Gasteiger partial charge is 0.388 e. The van der Waals surface area contributed by atoms with E-state index in [0.29, 0.717) is 18.4 Å². The maximum Gasteiger partial charge on any atom is 0.237 e. The Morgan fingerprint density at radius 1 is 1.44 bits per heavy atom. The van der Waals surface area contributed by atoms with Crippen molar-refractivity contribution in [1.29, 1.82) is 0 Å². The molecule has 0 aromatic carbocycles. The Morgan fingerprint density at radius 3 is 2.83 bits per heavy atom. The first kappa shape index (κ1) is 13.8. The van der Waals surface area contributed by atoms with Gasteiger partial charge in [-0.3, -0.25) is 4.79 Å². The number of rotatable bonds is 3. The minimum absolute atomic E-state index is 0.0478. The molecule has 1 amide bonds. The molecule has 1 aliphatic carbocycles. The third-order valence-electron chi connectivity index (χ3n) is 4.47. The number of aliphatic hydroxyl groups is 1. The van der Waals surface area contributed by atoms with Gasteiger partial charge in [0.15, 0.2) is 0 Å². The van der Waals surface area contributed by atoms with Crippen molar-refractivity contribution in [2.24, 2.45) is 11.8 Å². The highest BCUT2D eigenvalue weighted by molar-refractivity contribution is 5.82. The summed E-state index contributed by atoms with van der Waals surface area (Å²) in [5.74, 6) is 1.00. The fourth-order valence-corrected chi connectivity index (χ4v) is 3.34. The zero-order valence-electron chi connectivity index (χ0n) is 11.5. The third-order valence-corrected chi connectivity index (χ3v) is 4.47. The van der Waals surface area contributed by atoms with Crippen molar-refractivity contribution in [1.82, 2.24) is 10.6 Å². The second-order valence-electron chi connectivity index (χ2n) is 6.34. The molecule has 0 aromatic rings. The molecular formula is C14H26N2O2. The quantitative estimate of drug-likeness (QED) is 0.705. The van der Waals surface area contributed by atoms with Crippen molar-refractivity contribution in [3.05, 3.63) is 0 Å². The minimum Gasteiger partial charge on any atom is -0.388 e. The number of nitrogens with one attached hydrogen (secondary N) is 2. The van der Waals surface area contributed by atoms with Crippen LogP contribution in [0.2, 0.25) is 0 Å². The van der Waals surface area contributed by atoms with Crippen LogP contribution in [0.5, 0.6) is 0 Å². The summed E-state index contributed by atoms with van der Waals surface area (Å²) < 4.78 is 0. The molecular weight excluding hydrogens is 228 g/mol. The molecule has 3 N–H and O–H groups in total. The van der Waals surface area contributed by atoms with Crippen LogP contribution >= 0.6 is 0 Å². The SMILES string of the molecule is CC1CCCC(O)(CNC(=O)C2NCCC2C)C1. The van der Waals surface area contributed by atoms with Gasteiger partial charge in [0.25, 0.3) is 0 Å². The molecule has 4 nitrogen and oxygen atoms in total. The predicted octanol–water partition coefficient (Wildman–Crippen LogP) is 1.04. The lowest BCUT2D eigenvalue weighted by molar-refractivity contribution is -0.125. The third kappa shape index (κ3) is 3.23. The number of hydrogen-bond acceptors (Lipinski definition) is 3. The zero-order valence-corrected chi connectivity index (χ0v) is 11.5. The lowest BCUT2D eigenvalue weighted by Gasteiger charge is -2.36. The molecule has 1 saturated carbocycles. The Morgan fingerprint density at radius 2 is 2.22 bits per heavy atom. The van der Waals surface area contributed by atoms with Gasteiger partial charge in [0, 0.05) is 6.54 Å². The predicted molar refractivity (Wildman–Crippen MR) is 71.2 cm³/mol. The highest BCUT2D eigenvalue weighted by atomic mass is 16.3. The van der Waals surface area contributed by atoms with E-state index in [2.05, 4.69) is 24.5 Å². The molecule has 4 atom stereocenters. The van der Waals surface area contributed by atoms with Gasteiger partial charge in [0.2, 0.25) is 5.91 Å². The van der Waals surface area contributed by atoms with Gasteiger partial charge in [-0.15, -0.1) is 0 Å². The van der Waals surface area contributed by atoms with Crippen LogP contribution in [0.1, 0.15) is 46.0 Å². The molecule has 18 heavy (non-hydrogen) atoms. The molecule has 1 aliphatic heterocycles. The standard InChI is InChI=1S/C14H26N2O2/c1-10-4-3-6-14(18,8-10)9-16-13(17)12-11(2)5-7-15-12/h10-12,15,18H,3-9H2,1-2H3,(H,16,17). The molecule has 0 bridgehead atoms. The minimum atomic E-state index is -0.685. The lowest BCUT2D eigenvalue weighted by atomic mass is 9.79. The first-order valence-corrected chi connectivity index (χ1v) is 7.24. The van der Waals surface area contributed by atoms with Crippen molar-refractivity contribution in [3.8, 4) is 0 Å². The first-order valence-electron chi connectivity index (χ1n) is 7.24. The van der Waals surface area contributed by atoms with Crippen LogP contribution in [0.3, 0.4) is 0 Å². The summed E-state index contributed by atoms with van der Waals surface area (Å²) in [6.07, 6.45) is 4.93. The molecule has 2 fully saturated rings. The van der Waals surface area contributed by atoms with Crippen molar-refractivity contribution in [3.63, 3.8) is 0 Å². The van der Waals surface area contributed by atoms with E-state index in [1.807, 2.05) is 0 Å². The van der Waals surface area contributed by atoms with Crippen LogP contribution in [-0.2, 0) is 4.79 Å². The van der Waals surface area contributed by atoms with Crippen LogP contribution in [0.25, 0.3) is 0 Å². The average molecular weight is 254 g/mol. The first-order chi connectivity index (χ1) is 8.50. The Bertz CT molecular complexity index is 308. The van der Waals surface area contributed by atoms with E-state index in [-0.39, 0.29) is 11.9 Å². The Labute approximate surface area is 110 Å². The maximum absolute atomic E-state index is 12.0. The fourth-order valence-electron chi connectivity index (χ4n) is 3.34. The summed E-state index contributed by atoms with van der Waals surface area (Å²) in [6, 6.07) is -0.0744. The van der Waals surface area contributed by atoms with Crippen LogP contribution < -0.4 is 10.6 Å². The second kappa shape index (κ2) is 5.57. The van der Waals surface area contributed by atoms with Crippen molar-refractivity contribution < 1.29 is 9.90 Å². The van der Waals surface area contributed by atoms with Crippen LogP contribution in [0.15, 0.2) is 0 Å². The van der Waals surface area contributed by atoms with Crippen LogP contribution in [0.4, 0.5) is 0 Å². The molecule has 2 rings (SSSR count). The van der Waals surface area contributed by atoms with E-state index in [9.17, 15) is 9.90 Å². The van der Waals surface area contributed by atoms with Crippen molar-refractivity contribution >= 4 is 5.91 Å². The maximum atomic E-state index is 12.0. The van der Waals surface area contributed by atoms with E-state index in [4.69, 9.17) is 0 Å². The Balaban J connectivity index is 1.81. The Kier molecular flexibility index (Phi) is 4.28. The molecule has 1 saturated heterocycles. The summed E-state index contributed by atoms with van der Waals surface area (Å²) in [4.78, 5) is 12.0. The summed E-state index contributed by atoms with van der Waals surface area (Å²) in [5, 5.41) is 16.6.